The second-order valence-corrected chi connectivity index (χ2v) is 8.58. The van der Waals surface area contributed by atoms with Crippen molar-refractivity contribution in [3.63, 3.8) is 0 Å². The Morgan fingerprint density at radius 3 is 2.59 bits per heavy atom. The van der Waals surface area contributed by atoms with Crippen molar-refractivity contribution in [1.82, 2.24) is 20.0 Å². The van der Waals surface area contributed by atoms with E-state index in [1.807, 2.05) is 37.4 Å². The SMILES string of the molecule is Cc1cc(-c2cnc(N3CCOCC3)nc2C2CCN(Cc3ccccc3O)CC2)on1. The van der Waals surface area contributed by atoms with E-state index in [4.69, 9.17) is 14.2 Å². The topological polar surface area (TPSA) is 87.8 Å². The molecule has 5 rings (SSSR count). The van der Waals surface area contributed by atoms with Crippen LogP contribution in [0.25, 0.3) is 11.3 Å². The van der Waals surface area contributed by atoms with Crippen LogP contribution in [0.2, 0.25) is 0 Å². The molecule has 2 aliphatic heterocycles. The predicted octanol–water partition coefficient (Wildman–Crippen LogP) is 3.36. The molecule has 8 nitrogen and oxygen atoms in total. The highest BCUT2D eigenvalue weighted by atomic mass is 16.5. The molecule has 1 N–H and O–H groups in total. The maximum atomic E-state index is 10.1. The number of benzene rings is 1. The molecule has 0 spiro atoms. The van der Waals surface area contributed by atoms with Gasteiger partial charge >= 0.3 is 0 Å². The van der Waals surface area contributed by atoms with Gasteiger partial charge in [-0.15, -0.1) is 0 Å². The molecule has 0 atom stereocenters. The smallest absolute Gasteiger partial charge is 0.225 e. The van der Waals surface area contributed by atoms with Gasteiger partial charge in [0.15, 0.2) is 5.76 Å². The first-order chi connectivity index (χ1) is 15.7. The summed E-state index contributed by atoms with van der Waals surface area (Å²) in [7, 11) is 0. The number of piperidine rings is 1. The zero-order valence-electron chi connectivity index (χ0n) is 18.4. The van der Waals surface area contributed by atoms with Gasteiger partial charge in [0, 0.05) is 43.4 Å². The van der Waals surface area contributed by atoms with Crippen molar-refractivity contribution >= 4 is 5.95 Å². The molecule has 0 radical (unpaired) electrons. The summed E-state index contributed by atoms with van der Waals surface area (Å²) in [6.45, 7) is 7.59. The molecule has 2 fully saturated rings. The lowest BCUT2D eigenvalue weighted by Crippen LogP contribution is -2.38. The average molecular weight is 436 g/mol. The molecule has 4 heterocycles. The van der Waals surface area contributed by atoms with Gasteiger partial charge in [0.25, 0.3) is 0 Å². The average Bonchev–Trinajstić information content (AvgIpc) is 3.27. The van der Waals surface area contributed by atoms with E-state index in [1.54, 1.807) is 6.07 Å². The van der Waals surface area contributed by atoms with E-state index in [0.717, 1.165) is 79.8 Å². The second kappa shape index (κ2) is 9.26. The lowest BCUT2D eigenvalue weighted by molar-refractivity contribution is 0.122. The fourth-order valence-electron chi connectivity index (χ4n) is 4.54. The van der Waals surface area contributed by atoms with Gasteiger partial charge < -0.3 is 19.3 Å². The summed E-state index contributed by atoms with van der Waals surface area (Å²) in [5.41, 5.74) is 3.79. The van der Waals surface area contributed by atoms with Crippen LogP contribution < -0.4 is 4.90 Å². The van der Waals surface area contributed by atoms with Crippen molar-refractivity contribution in [2.24, 2.45) is 0 Å². The Hall–Kier alpha value is -2.97. The fourth-order valence-corrected chi connectivity index (χ4v) is 4.54. The first-order valence-corrected chi connectivity index (χ1v) is 11.3. The van der Waals surface area contributed by atoms with Gasteiger partial charge in [-0.3, -0.25) is 4.90 Å². The van der Waals surface area contributed by atoms with Gasteiger partial charge in [0.05, 0.1) is 30.2 Å². The lowest BCUT2D eigenvalue weighted by atomic mass is 9.90. The third-order valence-electron chi connectivity index (χ3n) is 6.35. The van der Waals surface area contributed by atoms with Crippen LogP contribution in [0.15, 0.2) is 41.1 Å². The molecular weight excluding hydrogens is 406 g/mol. The molecule has 2 aliphatic rings. The van der Waals surface area contributed by atoms with E-state index in [0.29, 0.717) is 24.9 Å². The third kappa shape index (κ3) is 4.47. The zero-order valence-corrected chi connectivity index (χ0v) is 18.4. The number of phenolic OH excluding ortho intramolecular Hbond substituents is 1. The largest absolute Gasteiger partial charge is 0.508 e. The first kappa shape index (κ1) is 20.9. The first-order valence-electron chi connectivity index (χ1n) is 11.3. The number of rotatable bonds is 5. The maximum absolute atomic E-state index is 10.1. The summed E-state index contributed by atoms with van der Waals surface area (Å²) in [5.74, 6) is 2.17. The number of anilines is 1. The predicted molar refractivity (Wildman–Crippen MR) is 121 cm³/mol. The van der Waals surface area contributed by atoms with Crippen LogP contribution in [0.4, 0.5) is 5.95 Å². The Labute approximate surface area is 187 Å². The number of aryl methyl sites for hydroxylation is 1. The molecule has 8 heteroatoms. The Morgan fingerprint density at radius 1 is 1.09 bits per heavy atom. The highest BCUT2D eigenvalue weighted by Gasteiger charge is 2.27. The Kier molecular flexibility index (Phi) is 6.05. The number of nitrogens with zero attached hydrogens (tertiary/aromatic N) is 5. The number of ether oxygens (including phenoxy) is 1. The monoisotopic (exact) mass is 435 g/mol. The van der Waals surface area contributed by atoms with Crippen LogP contribution in [-0.2, 0) is 11.3 Å². The Morgan fingerprint density at radius 2 is 1.88 bits per heavy atom. The summed E-state index contributed by atoms with van der Waals surface area (Å²) >= 11 is 0. The minimum Gasteiger partial charge on any atom is -0.508 e. The molecule has 1 aromatic carbocycles. The molecule has 0 amide bonds. The number of aromatic nitrogens is 3. The van der Waals surface area contributed by atoms with E-state index in [2.05, 4.69) is 19.9 Å². The molecular formula is C24H29N5O3. The van der Waals surface area contributed by atoms with Crippen LogP contribution in [0.5, 0.6) is 5.75 Å². The lowest BCUT2D eigenvalue weighted by Gasteiger charge is -2.33. The molecule has 0 aliphatic carbocycles. The normalized spacial score (nSPS) is 18.2. The highest BCUT2D eigenvalue weighted by Crippen LogP contribution is 2.35. The summed E-state index contributed by atoms with van der Waals surface area (Å²) in [6, 6.07) is 9.52. The van der Waals surface area contributed by atoms with Gasteiger partial charge in [-0.25, -0.2) is 9.97 Å². The molecule has 0 bridgehead atoms. The van der Waals surface area contributed by atoms with Crippen molar-refractivity contribution in [2.75, 3.05) is 44.3 Å². The number of phenols is 1. The van der Waals surface area contributed by atoms with E-state index in [1.165, 1.54) is 0 Å². The molecule has 0 saturated carbocycles. The van der Waals surface area contributed by atoms with Crippen molar-refractivity contribution in [3.05, 3.63) is 53.5 Å². The molecule has 3 aromatic rings. The standard InChI is InChI=1S/C24H29N5O3/c1-17-14-22(32-27-17)20-15-25-24(29-10-12-31-13-11-29)26-23(20)18-6-8-28(9-7-18)16-19-4-2-3-5-21(19)30/h2-5,14-15,18,30H,6-13,16H2,1H3. The van der Waals surface area contributed by atoms with Gasteiger partial charge in [-0.1, -0.05) is 23.4 Å². The molecule has 168 valence electrons. The summed E-state index contributed by atoms with van der Waals surface area (Å²) in [4.78, 5) is 14.3. The maximum Gasteiger partial charge on any atom is 0.225 e. The molecule has 2 saturated heterocycles. The number of likely N-dealkylation sites (tertiary alicyclic amines) is 1. The number of morpholine rings is 1. The van der Waals surface area contributed by atoms with Gasteiger partial charge in [-0.05, 0) is 38.9 Å². The summed E-state index contributed by atoms with van der Waals surface area (Å²) < 4.78 is 11.1. The van der Waals surface area contributed by atoms with E-state index >= 15 is 0 Å². The van der Waals surface area contributed by atoms with Crippen molar-refractivity contribution in [3.8, 4) is 17.1 Å². The van der Waals surface area contributed by atoms with Gasteiger partial charge in [0.2, 0.25) is 5.95 Å². The van der Waals surface area contributed by atoms with Crippen LogP contribution in [0.3, 0.4) is 0 Å². The van der Waals surface area contributed by atoms with Gasteiger partial charge in [0.1, 0.15) is 5.75 Å². The molecule has 32 heavy (non-hydrogen) atoms. The van der Waals surface area contributed by atoms with Crippen LogP contribution in [0.1, 0.15) is 35.7 Å². The third-order valence-corrected chi connectivity index (χ3v) is 6.35. The highest BCUT2D eigenvalue weighted by molar-refractivity contribution is 5.61. The summed E-state index contributed by atoms with van der Waals surface area (Å²) in [5, 5.41) is 14.2. The Balaban J connectivity index is 1.37. The van der Waals surface area contributed by atoms with Gasteiger partial charge in [-0.2, -0.15) is 0 Å². The molecule has 2 aromatic heterocycles. The number of hydrogen-bond acceptors (Lipinski definition) is 8. The number of para-hydroxylation sites is 1. The van der Waals surface area contributed by atoms with Crippen molar-refractivity contribution < 1.29 is 14.4 Å². The number of hydrogen-bond donors (Lipinski definition) is 1. The zero-order chi connectivity index (χ0) is 21.9. The van der Waals surface area contributed by atoms with Crippen LogP contribution >= 0.6 is 0 Å². The molecule has 0 unspecified atom stereocenters. The van der Waals surface area contributed by atoms with E-state index in [9.17, 15) is 5.11 Å². The number of aromatic hydroxyl groups is 1. The quantitative estimate of drug-likeness (QED) is 0.653. The van der Waals surface area contributed by atoms with Crippen LogP contribution in [0, 0.1) is 6.92 Å². The Bertz CT molecular complexity index is 1060. The van der Waals surface area contributed by atoms with Crippen LogP contribution in [-0.4, -0.2) is 64.5 Å². The van der Waals surface area contributed by atoms with Crippen molar-refractivity contribution in [2.45, 2.75) is 32.2 Å². The second-order valence-electron chi connectivity index (χ2n) is 8.58. The minimum atomic E-state index is 0.318. The van der Waals surface area contributed by atoms with E-state index < -0.39 is 0 Å². The van der Waals surface area contributed by atoms with Crippen molar-refractivity contribution in [1.29, 1.82) is 0 Å². The summed E-state index contributed by atoms with van der Waals surface area (Å²) in [6.07, 6.45) is 3.88. The fraction of sp³-hybridized carbons (Fsp3) is 0.458. The minimum absolute atomic E-state index is 0.318. The van der Waals surface area contributed by atoms with E-state index in [-0.39, 0.29) is 0 Å².